The Kier molecular flexibility index (Phi) is 7.69. The molecule has 0 aliphatic carbocycles. The Bertz CT molecular complexity index is 1700. The summed E-state index contributed by atoms with van der Waals surface area (Å²) >= 11 is 5.75. The fourth-order valence-electron chi connectivity index (χ4n) is 4.49. The van der Waals surface area contributed by atoms with Crippen LogP contribution < -0.4 is 15.5 Å². The number of alkyl halides is 3. The number of hydrogen-bond acceptors (Lipinski definition) is 6. The highest BCUT2D eigenvalue weighted by molar-refractivity contribution is 6.29. The molecular weight excluding hydrogens is 595 g/mol. The molecule has 1 aliphatic rings. The van der Waals surface area contributed by atoms with E-state index in [-0.39, 0.29) is 11.7 Å². The van der Waals surface area contributed by atoms with E-state index in [1.807, 2.05) is 0 Å². The number of imide groups is 1. The minimum absolute atomic E-state index is 0.196. The predicted octanol–water partition coefficient (Wildman–Crippen LogP) is 7.66. The van der Waals surface area contributed by atoms with Gasteiger partial charge in [-0.05, 0) is 86.1 Å². The second kappa shape index (κ2) is 11.1. The molecule has 4 aromatic rings. The minimum atomic E-state index is -5.03. The van der Waals surface area contributed by atoms with Crippen molar-refractivity contribution in [3.63, 3.8) is 0 Å². The van der Waals surface area contributed by atoms with E-state index in [2.05, 4.69) is 20.8 Å². The highest BCUT2D eigenvalue weighted by Crippen LogP contribution is 2.38. The molecule has 5 rings (SSSR count). The molecular formula is C29H22ClF5N6O2. The first-order valence-corrected chi connectivity index (χ1v) is 13.1. The van der Waals surface area contributed by atoms with Gasteiger partial charge in [0.15, 0.2) is 11.0 Å². The molecule has 2 heterocycles. The maximum Gasteiger partial charge on any atom is 0.419 e. The summed E-state index contributed by atoms with van der Waals surface area (Å²) in [5.74, 6) is -2.44. The van der Waals surface area contributed by atoms with E-state index < -0.39 is 46.5 Å². The molecule has 1 saturated heterocycles. The number of benzene rings is 3. The largest absolute Gasteiger partial charge is 0.419 e. The molecule has 8 nitrogen and oxygen atoms in total. The monoisotopic (exact) mass is 616 g/mol. The van der Waals surface area contributed by atoms with Crippen molar-refractivity contribution in [3.8, 4) is 0 Å². The summed E-state index contributed by atoms with van der Waals surface area (Å²) in [6.45, 7) is 2.68. The maximum absolute atomic E-state index is 14.3. The number of anilines is 5. The zero-order valence-electron chi connectivity index (χ0n) is 22.5. The van der Waals surface area contributed by atoms with E-state index in [0.29, 0.717) is 45.5 Å². The van der Waals surface area contributed by atoms with Crippen LogP contribution in [-0.2, 0) is 17.5 Å². The Morgan fingerprint density at radius 1 is 0.860 bits per heavy atom. The van der Waals surface area contributed by atoms with Crippen LogP contribution >= 0.6 is 11.6 Å². The van der Waals surface area contributed by atoms with Crippen molar-refractivity contribution < 1.29 is 31.5 Å². The molecule has 1 aliphatic heterocycles. The Labute approximate surface area is 247 Å². The Morgan fingerprint density at radius 2 is 1.53 bits per heavy atom. The summed E-state index contributed by atoms with van der Waals surface area (Å²) in [7, 11) is 0. The Hall–Kier alpha value is -4.78. The van der Waals surface area contributed by atoms with Crippen LogP contribution in [0.25, 0.3) is 0 Å². The summed E-state index contributed by atoms with van der Waals surface area (Å²) in [5, 5.41) is 14.1. The maximum atomic E-state index is 14.3. The Balaban J connectivity index is 1.38. The second-order valence-corrected chi connectivity index (χ2v) is 10.5. The molecule has 222 valence electrons. The lowest BCUT2D eigenvalue weighted by Crippen LogP contribution is -2.43. The van der Waals surface area contributed by atoms with Crippen molar-refractivity contribution in [2.45, 2.75) is 32.1 Å². The van der Waals surface area contributed by atoms with E-state index in [1.54, 1.807) is 36.4 Å². The van der Waals surface area contributed by atoms with Gasteiger partial charge in [0.2, 0.25) is 0 Å². The fraction of sp³-hybridized carbons (Fsp3) is 0.172. The molecule has 0 radical (unpaired) electrons. The third kappa shape index (κ3) is 6.07. The number of aromatic nitrogens is 2. The molecule has 0 unspecified atom stereocenters. The molecule has 1 fully saturated rings. The minimum Gasteiger partial charge on any atom is -0.355 e. The van der Waals surface area contributed by atoms with Gasteiger partial charge in [0.05, 0.1) is 17.8 Å². The summed E-state index contributed by atoms with van der Waals surface area (Å²) in [4.78, 5) is 28.5. The summed E-state index contributed by atoms with van der Waals surface area (Å²) < 4.78 is 68.2. The standard InChI is InChI=1S/C29H22ClF5N6O2/c1-28(2)26(42)41(20-9-10-22(32)21(14-20)29(33,34)35)27(43)40(28)15-16-3-4-17(31)13-23(16)36-18-5-7-19(8-6-18)37-25-12-11-24(30)38-39-25/h3-14,36H,15H2,1-2H3,(H,37,39). The van der Waals surface area contributed by atoms with Gasteiger partial charge in [0.1, 0.15) is 17.2 Å². The molecule has 0 spiro atoms. The number of carbonyl (C=O) groups is 2. The average molecular weight is 617 g/mol. The van der Waals surface area contributed by atoms with Gasteiger partial charge in [0, 0.05) is 17.1 Å². The van der Waals surface area contributed by atoms with E-state index in [0.717, 1.165) is 11.0 Å². The van der Waals surface area contributed by atoms with Gasteiger partial charge in [0.25, 0.3) is 5.91 Å². The number of hydrogen-bond donors (Lipinski definition) is 2. The molecule has 2 N–H and O–H groups in total. The van der Waals surface area contributed by atoms with Gasteiger partial charge in [-0.1, -0.05) is 17.7 Å². The zero-order valence-corrected chi connectivity index (χ0v) is 23.3. The summed E-state index contributed by atoms with van der Waals surface area (Å²) in [6, 6.07) is 15.0. The quantitative estimate of drug-likeness (QED) is 0.164. The van der Waals surface area contributed by atoms with E-state index in [4.69, 9.17) is 11.6 Å². The van der Waals surface area contributed by atoms with Crippen LogP contribution in [0.2, 0.25) is 5.15 Å². The third-order valence-corrected chi connectivity index (χ3v) is 7.01. The van der Waals surface area contributed by atoms with Crippen LogP contribution in [-0.4, -0.2) is 32.6 Å². The summed E-state index contributed by atoms with van der Waals surface area (Å²) in [6.07, 6.45) is -5.03. The molecule has 3 amide bonds. The molecule has 3 aromatic carbocycles. The van der Waals surface area contributed by atoms with Crippen LogP contribution in [0.1, 0.15) is 25.0 Å². The van der Waals surface area contributed by atoms with Crippen molar-refractivity contribution in [1.29, 1.82) is 0 Å². The van der Waals surface area contributed by atoms with Crippen molar-refractivity contribution in [3.05, 3.63) is 101 Å². The van der Waals surface area contributed by atoms with Gasteiger partial charge in [-0.3, -0.25) is 4.79 Å². The summed E-state index contributed by atoms with van der Waals surface area (Å²) in [5.41, 5.74) is -1.56. The SMILES string of the molecule is CC1(C)C(=O)N(c2ccc(F)c(C(F)(F)F)c2)C(=O)N1Cc1ccc(F)cc1Nc1ccc(Nc2ccc(Cl)nn2)cc1. The van der Waals surface area contributed by atoms with Crippen molar-refractivity contribution >= 4 is 52.1 Å². The fourth-order valence-corrected chi connectivity index (χ4v) is 4.60. The van der Waals surface area contributed by atoms with Crippen molar-refractivity contribution in [2.24, 2.45) is 0 Å². The van der Waals surface area contributed by atoms with Gasteiger partial charge in [-0.25, -0.2) is 18.5 Å². The molecule has 0 bridgehead atoms. The van der Waals surface area contributed by atoms with E-state index >= 15 is 0 Å². The first-order valence-electron chi connectivity index (χ1n) is 12.7. The van der Waals surface area contributed by atoms with Crippen molar-refractivity contribution in [1.82, 2.24) is 15.1 Å². The van der Waals surface area contributed by atoms with Gasteiger partial charge < -0.3 is 15.5 Å². The number of nitrogens with zero attached hydrogens (tertiary/aromatic N) is 4. The lowest BCUT2D eigenvalue weighted by molar-refractivity contribution is -0.140. The van der Waals surface area contributed by atoms with Crippen LogP contribution in [0.15, 0.2) is 72.8 Å². The number of rotatable bonds is 7. The first kappa shape index (κ1) is 29.7. The first-order chi connectivity index (χ1) is 20.2. The van der Waals surface area contributed by atoms with Gasteiger partial charge in [-0.15, -0.1) is 10.2 Å². The van der Waals surface area contributed by atoms with Gasteiger partial charge >= 0.3 is 12.2 Å². The van der Waals surface area contributed by atoms with Crippen LogP contribution in [0.3, 0.4) is 0 Å². The second-order valence-electron chi connectivity index (χ2n) is 10.1. The molecule has 14 heteroatoms. The van der Waals surface area contributed by atoms with Crippen LogP contribution in [0.4, 0.5) is 55.3 Å². The number of carbonyl (C=O) groups excluding carboxylic acids is 2. The van der Waals surface area contributed by atoms with E-state index in [9.17, 15) is 31.5 Å². The van der Waals surface area contributed by atoms with Gasteiger partial charge in [-0.2, -0.15) is 13.2 Å². The molecule has 1 aromatic heterocycles. The molecule has 0 atom stereocenters. The number of halogens is 6. The highest BCUT2D eigenvalue weighted by Gasteiger charge is 2.52. The Morgan fingerprint density at radius 3 is 2.16 bits per heavy atom. The number of amides is 3. The smallest absolute Gasteiger partial charge is 0.355 e. The topological polar surface area (TPSA) is 90.5 Å². The number of nitrogens with one attached hydrogen (secondary N) is 2. The molecule has 43 heavy (non-hydrogen) atoms. The zero-order chi connectivity index (χ0) is 31.1. The van der Waals surface area contributed by atoms with Crippen LogP contribution in [0.5, 0.6) is 0 Å². The normalized spacial score (nSPS) is 14.8. The average Bonchev–Trinajstić information content (AvgIpc) is 3.11. The lowest BCUT2D eigenvalue weighted by Gasteiger charge is -2.28. The van der Waals surface area contributed by atoms with E-state index in [1.165, 1.54) is 32.0 Å². The van der Waals surface area contributed by atoms with Crippen molar-refractivity contribution in [2.75, 3.05) is 15.5 Å². The number of urea groups is 1. The highest BCUT2D eigenvalue weighted by atomic mass is 35.5. The van der Waals surface area contributed by atoms with Crippen LogP contribution in [0, 0.1) is 11.6 Å². The lowest BCUT2D eigenvalue weighted by atomic mass is 10.0. The molecule has 0 saturated carbocycles. The third-order valence-electron chi connectivity index (χ3n) is 6.81. The predicted molar refractivity (Wildman–Crippen MR) is 150 cm³/mol.